The highest BCUT2D eigenvalue weighted by molar-refractivity contribution is 6.09. The Labute approximate surface area is 175 Å². The molecule has 0 saturated heterocycles. The number of hydrogen-bond donors (Lipinski definition) is 1. The number of ketones is 1. The first kappa shape index (κ1) is 20.4. The summed E-state index contributed by atoms with van der Waals surface area (Å²) in [7, 11) is 0. The van der Waals surface area contributed by atoms with E-state index in [0.29, 0.717) is 18.6 Å². The molecule has 0 amide bonds. The Bertz CT molecular complexity index is 967. The summed E-state index contributed by atoms with van der Waals surface area (Å²) in [6.07, 6.45) is 2.03. The van der Waals surface area contributed by atoms with Gasteiger partial charge in [0.2, 0.25) is 5.78 Å². The van der Waals surface area contributed by atoms with Gasteiger partial charge in [-0.05, 0) is 51.0 Å². The number of carbonyl (C=O) groups excluding carboxylic acids is 2. The van der Waals surface area contributed by atoms with Crippen molar-refractivity contribution in [2.24, 2.45) is 11.8 Å². The van der Waals surface area contributed by atoms with Gasteiger partial charge >= 0.3 is 5.97 Å². The molecule has 2 aromatic rings. The van der Waals surface area contributed by atoms with E-state index in [1.165, 1.54) is 0 Å². The highest BCUT2D eigenvalue weighted by Crippen LogP contribution is 2.48. The molecule has 1 saturated carbocycles. The van der Waals surface area contributed by atoms with Crippen molar-refractivity contribution in [2.45, 2.75) is 58.5 Å². The molecule has 1 aromatic heterocycles. The van der Waals surface area contributed by atoms with Crippen LogP contribution in [0.5, 0.6) is 0 Å². The Morgan fingerprint density at radius 2 is 1.87 bits per heavy atom. The summed E-state index contributed by atoms with van der Waals surface area (Å²) in [5.74, 6) is -1.18. The molecule has 3 unspecified atom stereocenters. The number of esters is 1. The molecule has 0 bridgehead atoms. The topological polar surface area (TPSA) is 89.6 Å². The Hall–Kier alpha value is -2.89. The predicted octanol–water partition coefficient (Wildman–Crippen LogP) is 4.36. The van der Waals surface area contributed by atoms with Crippen LogP contribution in [0.2, 0.25) is 0 Å². The molecular formula is C24H27NO5. The van der Waals surface area contributed by atoms with Gasteiger partial charge in [0.1, 0.15) is 5.76 Å². The van der Waals surface area contributed by atoms with Crippen molar-refractivity contribution >= 4 is 11.8 Å². The van der Waals surface area contributed by atoms with Crippen LogP contribution in [0.3, 0.4) is 0 Å². The van der Waals surface area contributed by atoms with Crippen LogP contribution in [0.1, 0.15) is 54.7 Å². The van der Waals surface area contributed by atoms with E-state index in [1.807, 2.05) is 51.1 Å². The van der Waals surface area contributed by atoms with Crippen LogP contribution < -0.4 is 0 Å². The average molecular weight is 409 g/mol. The Morgan fingerprint density at radius 3 is 2.43 bits per heavy atom. The van der Waals surface area contributed by atoms with Crippen molar-refractivity contribution < 1.29 is 24.0 Å². The van der Waals surface area contributed by atoms with Gasteiger partial charge in [-0.25, -0.2) is 4.79 Å². The first-order valence-electron chi connectivity index (χ1n) is 10.6. The molecule has 3 atom stereocenters. The highest BCUT2D eigenvalue weighted by atomic mass is 16.6. The number of ether oxygens (including phenoxy) is 1. The summed E-state index contributed by atoms with van der Waals surface area (Å²) in [6.45, 7) is 5.62. The standard InChI is InChI=1S/C24H27NO5/c1-4-15(12-18-13(2)25-30-14(18)3)23-22(27)21(26)20(24(28)29-23)19(17-10-11-17)16-8-6-5-7-9-16/h5-9,15,17,19,23,26H,4,10-12H2,1-3H3. The zero-order valence-electron chi connectivity index (χ0n) is 17.6. The molecule has 2 aliphatic rings. The number of aliphatic hydroxyl groups excluding tert-OH is 1. The van der Waals surface area contributed by atoms with E-state index in [9.17, 15) is 14.7 Å². The number of aryl methyl sites for hydroxylation is 2. The highest BCUT2D eigenvalue weighted by Gasteiger charge is 2.47. The van der Waals surface area contributed by atoms with Crippen molar-refractivity contribution in [1.29, 1.82) is 0 Å². The van der Waals surface area contributed by atoms with Gasteiger partial charge in [0.05, 0.1) is 11.3 Å². The van der Waals surface area contributed by atoms with Crippen LogP contribution in [0.15, 0.2) is 46.2 Å². The fourth-order valence-corrected chi connectivity index (χ4v) is 4.47. The SMILES string of the molecule is CCC(Cc1c(C)noc1C)C1OC(=O)C(C(c2ccccc2)C2CC2)=C(O)C1=O. The molecule has 158 valence electrons. The number of aromatic nitrogens is 1. The number of rotatable bonds is 7. The minimum atomic E-state index is -1.00. The Kier molecular flexibility index (Phi) is 5.50. The van der Waals surface area contributed by atoms with Gasteiger partial charge in [-0.2, -0.15) is 0 Å². The lowest BCUT2D eigenvalue weighted by Crippen LogP contribution is -2.42. The largest absolute Gasteiger partial charge is 0.504 e. The summed E-state index contributed by atoms with van der Waals surface area (Å²) in [6, 6.07) is 9.57. The predicted molar refractivity (Wildman–Crippen MR) is 110 cm³/mol. The molecule has 1 aliphatic heterocycles. The second-order valence-corrected chi connectivity index (χ2v) is 8.35. The summed E-state index contributed by atoms with van der Waals surface area (Å²) in [5, 5.41) is 14.8. The van der Waals surface area contributed by atoms with Gasteiger partial charge in [0, 0.05) is 17.4 Å². The minimum absolute atomic E-state index is 0.108. The van der Waals surface area contributed by atoms with Gasteiger partial charge < -0.3 is 14.4 Å². The number of carbonyl (C=O) groups is 2. The maximum atomic E-state index is 13.1. The maximum Gasteiger partial charge on any atom is 0.339 e. The number of hydrogen-bond acceptors (Lipinski definition) is 6. The Morgan fingerprint density at radius 1 is 1.17 bits per heavy atom. The lowest BCUT2D eigenvalue weighted by molar-refractivity contribution is -0.158. The minimum Gasteiger partial charge on any atom is -0.504 e. The Balaban J connectivity index is 1.65. The quantitative estimate of drug-likeness (QED) is 0.684. The number of nitrogens with zero attached hydrogens (tertiary/aromatic N) is 1. The molecule has 0 spiro atoms. The maximum absolute atomic E-state index is 13.1. The molecule has 4 rings (SSSR count). The van der Waals surface area contributed by atoms with Gasteiger partial charge in [0.15, 0.2) is 11.9 Å². The number of benzene rings is 1. The van der Waals surface area contributed by atoms with Gasteiger partial charge in [-0.1, -0.05) is 42.4 Å². The van der Waals surface area contributed by atoms with Crippen LogP contribution in [0.4, 0.5) is 0 Å². The molecule has 1 aromatic carbocycles. The molecule has 6 heteroatoms. The van der Waals surface area contributed by atoms with E-state index in [-0.39, 0.29) is 23.3 Å². The molecule has 2 heterocycles. The second-order valence-electron chi connectivity index (χ2n) is 8.35. The first-order chi connectivity index (χ1) is 14.4. The summed E-state index contributed by atoms with van der Waals surface area (Å²) in [5.41, 5.74) is 2.71. The third kappa shape index (κ3) is 3.66. The van der Waals surface area contributed by atoms with Crippen LogP contribution in [0, 0.1) is 25.7 Å². The molecule has 30 heavy (non-hydrogen) atoms. The summed E-state index contributed by atoms with van der Waals surface area (Å²) in [4.78, 5) is 26.2. The third-order valence-electron chi connectivity index (χ3n) is 6.36. The van der Waals surface area contributed by atoms with E-state index in [2.05, 4.69) is 5.16 Å². The van der Waals surface area contributed by atoms with E-state index in [4.69, 9.17) is 9.26 Å². The monoisotopic (exact) mass is 409 g/mol. The van der Waals surface area contributed by atoms with Crippen molar-refractivity contribution in [2.75, 3.05) is 0 Å². The normalized spacial score (nSPS) is 21.5. The lowest BCUT2D eigenvalue weighted by atomic mass is 9.81. The van der Waals surface area contributed by atoms with E-state index in [1.54, 1.807) is 0 Å². The van der Waals surface area contributed by atoms with Crippen molar-refractivity contribution in [3.05, 3.63) is 64.2 Å². The van der Waals surface area contributed by atoms with Crippen molar-refractivity contribution in [3.8, 4) is 0 Å². The fourth-order valence-electron chi connectivity index (χ4n) is 4.47. The summed E-state index contributed by atoms with van der Waals surface area (Å²) < 4.78 is 10.9. The van der Waals surface area contributed by atoms with Crippen LogP contribution in [-0.4, -0.2) is 28.1 Å². The number of Topliss-reactive ketones (excluding diaryl/α,β-unsaturated/α-hetero) is 1. The molecule has 1 fully saturated rings. The van der Waals surface area contributed by atoms with Crippen LogP contribution in [0.25, 0.3) is 0 Å². The zero-order valence-corrected chi connectivity index (χ0v) is 17.6. The molecule has 1 aliphatic carbocycles. The molecular weight excluding hydrogens is 382 g/mol. The summed E-state index contributed by atoms with van der Waals surface area (Å²) >= 11 is 0. The van der Waals surface area contributed by atoms with E-state index >= 15 is 0 Å². The van der Waals surface area contributed by atoms with Gasteiger partial charge in [-0.3, -0.25) is 4.79 Å². The van der Waals surface area contributed by atoms with Gasteiger partial charge in [0.25, 0.3) is 0 Å². The number of aliphatic hydroxyl groups is 1. The van der Waals surface area contributed by atoms with Gasteiger partial charge in [-0.15, -0.1) is 0 Å². The van der Waals surface area contributed by atoms with Crippen LogP contribution in [-0.2, 0) is 20.7 Å². The van der Waals surface area contributed by atoms with Crippen molar-refractivity contribution in [1.82, 2.24) is 5.16 Å². The third-order valence-corrected chi connectivity index (χ3v) is 6.36. The average Bonchev–Trinajstić information content (AvgIpc) is 3.53. The number of cyclic esters (lactones) is 1. The zero-order chi connectivity index (χ0) is 21.4. The van der Waals surface area contributed by atoms with Crippen LogP contribution >= 0.6 is 0 Å². The van der Waals surface area contributed by atoms with E-state index in [0.717, 1.165) is 29.7 Å². The van der Waals surface area contributed by atoms with E-state index < -0.39 is 23.6 Å². The smallest absolute Gasteiger partial charge is 0.339 e. The first-order valence-corrected chi connectivity index (χ1v) is 10.6. The molecule has 1 N–H and O–H groups in total. The molecule has 6 nitrogen and oxygen atoms in total. The fraction of sp³-hybridized carbons (Fsp3) is 0.458. The second kappa shape index (κ2) is 8.09. The lowest BCUT2D eigenvalue weighted by Gasteiger charge is -2.31. The van der Waals surface area contributed by atoms with Crippen molar-refractivity contribution in [3.63, 3.8) is 0 Å². The molecule has 0 radical (unpaired) electrons.